The molecular weight excluding hydrogens is 545 g/mol. The van der Waals surface area contributed by atoms with E-state index in [1.807, 2.05) is 0 Å². The van der Waals surface area contributed by atoms with Gasteiger partial charge in [0.25, 0.3) is 5.91 Å². The lowest BCUT2D eigenvalue weighted by Crippen LogP contribution is -2.45. The Labute approximate surface area is 239 Å². The summed E-state index contributed by atoms with van der Waals surface area (Å²) in [6.07, 6.45) is -3.23. The van der Waals surface area contributed by atoms with Crippen LogP contribution in [0.2, 0.25) is 0 Å². The van der Waals surface area contributed by atoms with Crippen molar-refractivity contribution in [2.24, 2.45) is 0 Å². The molecule has 1 aliphatic rings. The van der Waals surface area contributed by atoms with Gasteiger partial charge in [-0.15, -0.1) is 0 Å². The number of carbonyl (C=O) groups is 3. The number of esters is 2. The molecular formula is C31H26FN3O7. The number of nitrogens with zero attached hydrogens (tertiary/aromatic N) is 2. The van der Waals surface area contributed by atoms with Gasteiger partial charge in [-0.2, -0.15) is 4.98 Å². The van der Waals surface area contributed by atoms with E-state index in [1.54, 1.807) is 78.9 Å². The molecule has 3 aromatic carbocycles. The molecule has 11 heteroatoms. The summed E-state index contributed by atoms with van der Waals surface area (Å²) < 4.78 is 34.2. The zero-order valence-electron chi connectivity index (χ0n) is 22.4. The Hall–Kier alpha value is -5.16. The van der Waals surface area contributed by atoms with Gasteiger partial charge < -0.3 is 19.5 Å². The van der Waals surface area contributed by atoms with Crippen LogP contribution in [-0.4, -0.2) is 51.9 Å². The predicted molar refractivity (Wildman–Crippen MR) is 149 cm³/mol. The van der Waals surface area contributed by atoms with Crippen molar-refractivity contribution in [2.45, 2.75) is 31.0 Å². The summed E-state index contributed by atoms with van der Waals surface area (Å²) in [5, 5.41) is 2.52. The van der Waals surface area contributed by atoms with E-state index in [2.05, 4.69) is 10.3 Å². The van der Waals surface area contributed by atoms with Crippen LogP contribution >= 0.6 is 0 Å². The zero-order valence-corrected chi connectivity index (χ0v) is 22.4. The van der Waals surface area contributed by atoms with Crippen LogP contribution in [0.5, 0.6) is 0 Å². The fraction of sp³-hybridized carbons (Fsp3) is 0.194. The number of benzene rings is 3. The van der Waals surface area contributed by atoms with Crippen molar-refractivity contribution in [3.8, 4) is 0 Å². The van der Waals surface area contributed by atoms with E-state index in [1.165, 1.54) is 24.4 Å². The first-order valence-corrected chi connectivity index (χ1v) is 13.0. The number of ether oxygens (including phenoxy) is 3. The van der Waals surface area contributed by atoms with Gasteiger partial charge in [-0.25, -0.2) is 18.8 Å². The van der Waals surface area contributed by atoms with Gasteiger partial charge in [0.05, 0.1) is 11.1 Å². The summed E-state index contributed by atoms with van der Waals surface area (Å²) in [7, 11) is 0. The lowest BCUT2D eigenvalue weighted by atomic mass is 9.98. The van der Waals surface area contributed by atoms with Gasteiger partial charge in [-0.3, -0.25) is 9.36 Å². The van der Waals surface area contributed by atoms with Crippen molar-refractivity contribution >= 4 is 23.7 Å². The largest absolute Gasteiger partial charge is 0.459 e. The number of amides is 1. The standard InChI is InChI=1S/C31H26FN3O7/c1-31(32)25(42-28(38)22-15-9-4-10-16-22)23(19-40-27(37)21-13-7-3-8-14-21)41-29(31)35-18-17-24(34-30(35)39)33-26(36)20-11-5-2-6-12-20/h2-18,23,25,29H,19H2,1H3,(H,33,34,36,39)/t23-,25?,29-,31-/m1/s1. The van der Waals surface area contributed by atoms with E-state index < -0.39 is 54.2 Å². The molecule has 0 bridgehead atoms. The number of alkyl halides is 1. The molecule has 1 aliphatic heterocycles. The number of hydrogen-bond acceptors (Lipinski definition) is 8. The molecule has 2 heterocycles. The van der Waals surface area contributed by atoms with Gasteiger partial charge in [-0.05, 0) is 49.4 Å². The van der Waals surface area contributed by atoms with Crippen LogP contribution in [0.3, 0.4) is 0 Å². The molecule has 5 rings (SSSR count). The number of hydrogen-bond donors (Lipinski definition) is 1. The molecule has 214 valence electrons. The molecule has 10 nitrogen and oxygen atoms in total. The Balaban J connectivity index is 1.39. The van der Waals surface area contributed by atoms with Gasteiger partial charge in [0.1, 0.15) is 18.5 Å². The average Bonchev–Trinajstić information content (AvgIpc) is 3.25. The Kier molecular flexibility index (Phi) is 8.21. The molecule has 1 saturated heterocycles. The average molecular weight is 572 g/mol. The first kappa shape index (κ1) is 28.4. The molecule has 42 heavy (non-hydrogen) atoms. The minimum Gasteiger partial charge on any atom is -0.459 e. The number of rotatable bonds is 8. The van der Waals surface area contributed by atoms with E-state index in [-0.39, 0.29) is 16.9 Å². The normalized spacial score (nSPS) is 21.3. The van der Waals surface area contributed by atoms with E-state index in [0.717, 1.165) is 11.5 Å². The van der Waals surface area contributed by atoms with Gasteiger partial charge in [0.15, 0.2) is 18.0 Å². The van der Waals surface area contributed by atoms with Crippen molar-refractivity contribution in [1.82, 2.24) is 9.55 Å². The Morgan fingerprint density at radius 1 is 0.881 bits per heavy atom. The molecule has 1 amide bonds. The molecule has 1 unspecified atom stereocenters. The Bertz CT molecular complexity index is 1630. The maximum atomic E-state index is 16.5. The second-order valence-corrected chi connectivity index (χ2v) is 9.66. The van der Waals surface area contributed by atoms with Crippen molar-refractivity contribution in [3.63, 3.8) is 0 Å². The van der Waals surface area contributed by atoms with Gasteiger partial charge in [0, 0.05) is 11.8 Å². The van der Waals surface area contributed by atoms with Crippen LogP contribution in [0.4, 0.5) is 10.2 Å². The summed E-state index contributed by atoms with van der Waals surface area (Å²) >= 11 is 0. The summed E-state index contributed by atoms with van der Waals surface area (Å²) in [5.41, 5.74) is -2.59. The smallest absolute Gasteiger partial charge is 0.351 e. The van der Waals surface area contributed by atoms with E-state index >= 15 is 4.39 Å². The van der Waals surface area contributed by atoms with Crippen molar-refractivity contribution in [2.75, 3.05) is 11.9 Å². The molecule has 4 atom stereocenters. The number of halogens is 1. The molecule has 1 aromatic heterocycles. The highest BCUT2D eigenvalue weighted by molar-refractivity contribution is 6.03. The molecule has 0 radical (unpaired) electrons. The third kappa shape index (κ3) is 6.11. The lowest BCUT2D eigenvalue weighted by molar-refractivity contribution is -0.0648. The second kappa shape index (κ2) is 12.1. The van der Waals surface area contributed by atoms with E-state index in [9.17, 15) is 19.2 Å². The molecule has 0 saturated carbocycles. The minimum atomic E-state index is -2.46. The first-order valence-electron chi connectivity index (χ1n) is 13.0. The second-order valence-electron chi connectivity index (χ2n) is 9.66. The highest BCUT2D eigenvalue weighted by Gasteiger charge is 2.58. The maximum absolute atomic E-state index is 16.5. The molecule has 1 N–H and O–H groups in total. The number of anilines is 1. The van der Waals surface area contributed by atoms with Crippen LogP contribution in [0, 0.1) is 0 Å². The zero-order chi connectivity index (χ0) is 29.7. The SMILES string of the molecule is C[C@@]1(F)C(OC(=O)c2ccccc2)[C@@H](COC(=O)c2ccccc2)O[C@H]1n1ccc(NC(=O)c2ccccc2)nc1=O. The number of carbonyl (C=O) groups excluding carboxylic acids is 3. The Morgan fingerprint density at radius 3 is 2.00 bits per heavy atom. The molecule has 0 spiro atoms. The predicted octanol–water partition coefficient (Wildman–Crippen LogP) is 4.20. The van der Waals surface area contributed by atoms with Crippen LogP contribution < -0.4 is 11.0 Å². The fourth-order valence-corrected chi connectivity index (χ4v) is 4.54. The van der Waals surface area contributed by atoms with Crippen LogP contribution in [0.1, 0.15) is 44.2 Å². The maximum Gasteiger partial charge on any atom is 0.351 e. The van der Waals surface area contributed by atoms with Crippen LogP contribution in [-0.2, 0) is 14.2 Å². The lowest BCUT2D eigenvalue weighted by Gasteiger charge is -2.27. The molecule has 0 aliphatic carbocycles. The van der Waals surface area contributed by atoms with Gasteiger partial charge in [0.2, 0.25) is 0 Å². The monoisotopic (exact) mass is 571 g/mol. The highest BCUT2D eigenvalue weighted by atomic mass is 19.1. The fourth-order valence-electron chi connectivity index (χ4n) is 4.54. The van der Waals surface area contributed by atoms with Crippen LogP contribution in [0.25, 0.3) is 0 Å². The van der Waals surface area contributed by atoms with Crippen molar-refractivity contribution in [1.29, 1.82) is 0 Å². The minimum absolute atomic E-state index is 0.0518. The quantitative estimate of drug-likeness (QED) is 0.312. The van der Waals surface area contributed by atoms with Crippen molar-refractivity contribution in [3.05, 3.63) is 130 Å². The van der Waals surface area contributed by atoms with E-state index in [4.69, 9.17) is 14.2 Å². The third-order valence-electron chi connectivity index (χ3n) is 6.67. The van der Waals surface area contributed by atoms with Crippen molar-refractivity contribution < 1.29 is 33.0 Å². The third-order valence-corrected chi connectivity index (χ3v) is 6.67. The van der Waals surface area contributed by atoms with Gasteiger partial charge >= 0.3 is 17.6 Å². The first-order chi connectivity index (χ1) is 20.2. The summed E-state index contributed by atoms with van der Waals surface area (Å²) in [4.78, 5) is 54.8. The molecule has 1 fully saturated rings. The summed E-state index contributed by atoms with van der Waals surface area (Å²) in [6.45, 7) is 0.654. The topological polar surface area (TPSA) is 126 Å². The van der Waals surface area contributed by atoms with Gasteiger partial charge in [-0.1, -0.05) is 54.6 Å². The summed E-state index contributed by atoms with van der Waals surface area (Å²) in [6, 6.07) is 25.8. The number of aromatic nitrogens is 2. The van der Waals surface area contributed by atoms with Crippen LogP contribution in [0.15, 0.2) is 108 Å². The van der Waals surface area contributed by atoms with E-state index in [0.29, 0.717) is 5.56 Å². The molecule has 4 aromatic rings. The summed E-state index contributed by atoms with van der Waals surface area (Å²) in [5.74, 6) is -2.05. The highest BCUT2D eigenvalue weighted by Crippen LogP contribution is 2.43. The Morgan fingerprint density at radius 2 is 1.43 bits per heavy atom. The number of nitrogens with one attached hydrogen (secondary N) is 1.